The van der Waals surface area contributed by atoms with E-state index in [1.807, 2.05) is 34.5 Å². The summed E-state index contributed by atoms with van der Waals surface area (Å²) in [5.74, 6) is 0.644. The van der Waals surface area contributed by atoms with E-state index < -0.39 is 0 Å². The normalized spacial score (nSPS) is 13.9. The SMILES string of the molecule is COc1ccsc1C(=O)N1CCCc2cc(N)ccc21. The molecule has 2 N–H and O–H groups in total. The predicted octanol–water partition coefficient (Wildman–Crippen LogP) is 2.93. The first kappa shape index (κ1) is 13.0. The van der Waals surface area contributed by atoms with Crippen molar-refractivity contribution in [3.63, 3.8) is 0 Å². The number of hydrogen-bond acceptors (Lipinski definition) is 4. The fourth-order valence-electron chi connectivity index (χ4n) is 2.56. The van der Waals surface area contributed by atoms with Gasteiger partial charge in [-0.1, -0.05) is 0 Å². The average molecular weight is 288 g/mol. The molecule has 104 valence electrons. The number of carbonyl (C=O) groups excluding carboxylic acids is 1. The number of nitrogens with zero attached hydrogens (tertiary/aromatic N) is 1. The molecule has 5 heteroatoms. The van der Waals surface area contributed by atoms with Gasteiger partial charge in [-0.2, -0.15) is 0 Å². The summed E-state index contributed by atoms with van der Waals surface area (Å²) in [6.45, 7) is 0.733. The van der Waals surface area contributed by atoms with E-state index in [1.54, 1.807) is 7.11 Å². The molecular formula is C15H16N2O2S. The maximum absolute atomic E-state index is 12.7. The summed E-state index contributed by atoms with van der Waals surface area (Å²) in [6, 6.07) is 7.56. The largest absolute Gasteiger partial charge is 0.495 e. The van der Waals surface area contributed by atoms with Crippen LogP contribution in [0.5, 0.6) is 5.75 Å². The molecule has 0 radical (unpaired) electrons. The molecule has 0 unspecified atom stereocenters. The number of amides is 1. The number of carbonyl (C=O) groups is 1. The van der Waals surface area contributed by atoms with Gasteiger partial charge in [0.2, 0.25) is 0 Å². The molecule has 1 aromatic carbocycles. The van der Waals surface area contributed by atoms with E-state index in [0.717, 1.165) is 36.3 Å². The average Bonchev–Trinajstić information content (AvgIpc) is 2.94. The minimum atomic E-state index is 0.00238. The third-order valence-corrected chi connectivity index (χ3v) is 4.39. The molecule has 4 nitrogen and oxygen atoms in total. The van der Waals surface area contributed by atoms with Gasteiger partial charge in [0.25, 0.3) is 5.91 Å². The van der Waals surface area contributed by atoms with E-state index in [4.69, 9.17) is 10.5 Å². The Morgan fingerprint density at radius 3 is 3.05 bits per heavy atom. The zero-order valence-corrected chi connectivity index (χ0v) is 12.1. The number of fused-ring (bicyclic) bond motifs is 1. The summed E-state index contributed by atoms with van der Waals surface area (Å²) in [6.07, 6.45) is 1.92. The molecule has 0 saturated heterocycles. The highest BCUT2D eigenvalue weighted by atomic mass is 32.1. The molecule has 0 atom stereocenters. The van der Waals surface area contributed by atoms with Gasteiger partial charge in [-0.25, -0.2) is 0 Å². The smallest absolute Gasteiger partial charge is 0.272 e. The Kier molecular flexibility index (Phi) is 3.36. The third-order valence-electron chi connectivity index (χ3n) is 3.51. The van der Waals surface area contributed by atoms with Gasteiger partial charge in [0.15, 0.2) is 0 Å². The molecule has 0 spiro atoms. The summed E-state index contributed by atoms with van der Waals surface area (Å²) < 4.78 is 5.25. The maximum Gasteiger partial charge on any atom is 0.272 e. The zero-order chi connectivity index (χ0) is 14.1. The first-order valence-corrected chi connectivity index (χ1v) is 7.40. The van der Waals surface area contributed by atoms with Crippen molar-refractivity contribution in [3.8, 4) is 5.75 Å². The van der Waals surface area contributed by atoms with Crippen LogP contribution in [0, 0.1) is 0 Å². The van der Waals surface area contributed by atoms with Crippen molar-refractivity contribution in [2.24, 2.45) is 0 Å². The van der Waals surface area contributed by atoms with Gasteiger partial charge in [0.05, 0.1) is 7.11 Å². The lowest BCUT2D eigenvalue weighted by Crippen LogP contribution is -2.35. The molecule has 0 aliphatic carbocycles. The summed E-state index contributed by atoms with van der Waals surface area (Å²) in [5.41, 5.74) is 8.67. The van der Waals surface area contributed by atoms with E-state index in [0.29, 0.717) is 10.6 Å². The molecule has 1 aliphatic rings. The van der Waals surface area contributed by atoms with E-state index in [2.05, 4.69) is 0 Å². The number of thiophene rings is 1. The fourth-order valence-corrected chi connectivity index (χ4v) is 3.37. The summed E-state index contributed by atoms with van der Waals surface area (Å²) in [4.78, 5) is 15.2. The minimum Gasteiger partial charge on any atom is -0.495 e. The standard InChI is InChI=1S/C15H16N2O2S/c1-19-13-6-8-20-14(13)15(18)17-7-2-3-10-9-11(16)4-5-12(10)17/h4-6,8-9H,2-3,7,16H2,1H3. The van der Waals surface area contributed by atoms with E-state index in [-0.39, 0.29) is 5.91 Å². The van der Waals surface area contributed by atoms with Crippen molar-refractivity contribution in [1.29, 1.82) is 0 Å². The van der Waals surface area contributed by atoms with Gasteiger partial charge in [0.1, 0.15) is 10.6 Å². The Morgan fingerprint density at radius 1 is 1.40 bits per heavy atom. The number of aryl methyl sites for hydroxylation is 1. The summed E-state index contributed by atoms with van der Waals surface area (Å²) >= 11 is 1.41. The van der Waals surface area contributed by atoms with Gasteiger partial charge in [0, 0.05) is 17.9 Å². The van der Waals surface area contributed by atoms with Gasteiger partial charge in [-0.05, 0) is 48.1 Å². The number of methoxy groups -OCH3 is 1. The molecule has 20 heavy (non-hydrogen) atoms. The second-order valence-corrected chi connectivity index (χ2v) is 5.68. The second-order valence-electron chi connectivity index (χ2n) is 4.77. The van der Waals surface area contributed by atoms with Crippen LogP contribution in [0.15, 0.2) is 29.6 Å². The van der Waals surface area contributed by atoms with Gasteiger partial charge in [-0.3, -0.25) is 4.79 Å². The fraction of sp³-hybridized carbons (Fsp3) is 0.267. The molecule has 1 aromatic heterocycles. The minimum absolute atomic E-state index is 0.00238. The Bertz CT molecular complexity index is 651. The van der Waals surface area contributed by atoms with Gasteiger partial charge >= 0.3 is 0 Å². The quantitative estimate of drug-likeness (QED) is 0.864. The molecule has 1 aliphatic heterocycles. The molecule has 2 heterocycles. The van der Waals surface area contributed by atoms with Crippen LogP contribution in [0.3, 0.4) is 0 Å². The lowest BCUT2D eigenvalue weighted by molar-refractivity contribution is 0.0986. The number of nitrogen functional groups attached to an aromatic ring is 1. The monoisotopic (exact) mass is 288 g/mol. The number of benzene rings is 1. The molecule has 0 saturated carbocycles. The lowest BCUT2D eigenvalue weighted by atomic mass is 10.0. The molecule has 2 aromatic rings. The molecular weight excluding hydrogens is 272 g/mol. The Morgan fingerprint density at radius 2 is 2.25 bits per heavy atom. The van der Waals surface area contributed by atoms with Crippen LogP contribution in [-0.4, -0.2) is 19.6 Å². The summed E-state index contributed by atoms with van der Waals surface area (Å²) in [7, 11) is 1.59. The molecule has 3 rings (SSSR count). The van der Waals surface area contributed by atoms with Crippen LogP contribution in [0.4, 0.5) is 11.4 Å². The van der Waals surface area contributed by atoms with Gasteiger partial charge < -0.3 is 15.4 Å². The Labute approximate surface area is 121 Å². The van der Waals surface area contributed by atoms with Crippen LogP contribution in [0.25, 0.3) is 0 Å². The number of anilines is 2. The van der Waals surface area contributed by atoms with Crippen molar-refractivity contribution in [3.05, 3.63) is 40.1 Å². The van der Waals surface area contributed by atoms with Crippen LogP contribution in [0.2, 0.25) is 0 Å². The second kappa shape index (κ2) is 5.17. The predicted molar refractivity (Wildman–Crippen MR) is 81.7 cm³/mol. The van der Waals surface area contributed by atoms with Crippen LogP contribution < -0.4 is 15.4 Å². The Balaban J connectivity index is 1.98. The van der Waals surface area contributed by atoms with Crippen LogP contribution >= 0.6 is 11.3 Å². The number of rotatable bonds is 2. The first-order chi connectivity index (χ1) is 9.70. The van der Waals surface area contributed by atoms with Crippen molar-refractivity contribution >= 4 is 28.6 Å². The zero-order valence-electron chi connectivity index (χ0n) is 11.3. The van der Waals surface area contributed by atoms with Gasteiger partial charge in [-0.15, -0.1) is 11.3 Å². The first-order valence-electron chi connectivity index (χ1n) is 6.52. The number of nitrogens with two attached hydrogens (primary N) is 1. The molecule has 0 fully saturated rings. The van der Waals surface area contributed by atoms with Crippen molar-refractivity contribution in [2.45, 2.75) is 12.8 Å². The van der Waals surface area contributed by atoms with Crippen LogP contribution in [-0.2, 0) is 6.42 Å². The van der Waals surface area contributed by atoms with Crippen molar-refractivity contribution in [1.82, 2.24) is 0 Å². The Hall–Kier alpha value is -2.01. The lowest BCUT2D eigenvalue weighted by Gasteiger charge is -2.29. The third kappa shape index (κ3) is 2.14. The van der Waals surface area contributed by atoms with E-state index in [9.17, 15) is 4.79 Å². The summed E-state index contributed by atoms with van der Waals surface area (Å²) in [5, 5.41) is 1.87. The highest BCUT2D eigenvalue weighted by molar-refractivity contribution is 7.12. The molecule has 0 bridgehead atoms. The van der Waals surface area contributed by atoms with E-state index in [1.165, 1.54) is 11.3 Å². The van der Waals surface area contributed by atoms with E-state index >= 15 is 0 Å². The topological polar surface area (TPSA) is 55.6 Å². The van der Waals surface area contributed by atoms with Crippen molar-refractivity contribution in [2.75, 3.05) is 24.3 Å². The number of hydrogen-bond donors (Lipinski definition) is 1. The highest BCUT2D eigenvalue weighted by Gasteiger charge is 2.26. The number of ether oxygens (including phenoxy) is 1. The highest BCUT2D eigenvalue weighted by Crippen LogP contribution is 2.33. The van der Waals surface area contributed by atoms with Crippen molar-refractivity contribution < 1.29 is 9.53 Å². The maximum atomic E-state index is 12.7. The molecule has 1 amide bonds. The van der Waals surface area contributed by atoms with Crippen LogP contribution in [0.1, 0.15) is 21.7 Å².